The second kappa shape index (κ2) is 21.7. The van der Waals surface area contributed by atoms with Gasteiger partial charge in [-0.05, 0) is 99.9 Å². The molecule has 0 saturated heterocycles. The molecule has 0 aliphatic rings. The first-order chi connectivity index (χ1) is 33.7. The Labute approximate surface area is 436 Å². The van der Waals surface area contributed by atoms with Gasteiger partial charge in [0.1, 0.15) is 11.0 Å². The van der Waals surface area contributed by atoms with Crippen LogP contribution in [0.5, 0.6) is 0 Å². The molecular weight excluding hydrogens is 981 g/mol. The maximum atomic E-state index is 7.22. The molecule has 0 bridgehead atoms. The predicted molar refractivity (Wildman–Crippen MR) is 315 cm³/mol. The van der Waals surface area contributed by atoms with Gasteiger partial charge in [0.25, 0.3) is 0 Å². The summed E-state index contributed by atoms with van der Waals surface area (Å²) in [5.41, 5.74) is 27.3. The van der Waals surface area contributed by atoms with E-state index < -0.39 is 0 Å². The van der Waals surface area contributed by atoms with Gasteiger partial charge in [-0.3, -0.25) is 0 Å². The SMILES string of the molecule is CCCCCCc1cc2c(s1)c1sc(-c3sc(-c4c(N)c(N)c(-c5cc(C)c(-c6cc7c(s6)c6sc(CCCCCC)cc6n7CCCCCC)s5)c5nsnc45)cc3C)cc1n2CCCCCC. The van der Waals surface area contributed by atoms with Crippen LogP contribution in [0.1, 0.15) is 151 Å². The number of anilines is 2. The number of nitrogens with zero attached hydrogens (tertiary/aromatic N) is 4. The van der Waals surface area contributed by atoms with Crippen LogP contribution in [0.3, 0.4) is 0 Å². The lowest BCUT2D eigenvalue weighted by Crippen LogP contribution is -2.01. The van der Waals surface area contributed by atoms with E-state index in [-0.39, 0.29) is 0 Å². The summed E-state index contributed by atoms with van der Waals surface area (Å²) in [7, 11) is 0. The summed E-state index contributed by atoms with van der Waals surface area (Å²) < 4.78 is 21.0. The number of aromatic nitrogens is 4. The zero-order chi connectivity index (χ0) is 47.8. The maximum absolute atomic E-state index is 7.22. The van der Waals surface area contributed by atoms with Crippen molar-refractivity contribution in [3.8, 4) is 40.4 Å². The Bertz CT molecular complexity index is 3150. The highest BCUT2D eigenvalue weighted by Gasteiger charge is 2.27. The Balaban J connectivity index is 0.980. The molecule has 9 heterocycles. The molecular formula is C56H68N6S7. The first kappa shape index (κ1) is 49.0. The standard InChI is InChI=1S/C56H68N6S7/c1-7-11-15-19-23-35-29-37-53(63-35)55-39(61(37)25-21-17-13-9-3)31-43(67-55)51-33(5)27-41(65-51)45-47(57)48(58)46(50-49(45)59-69-60-50)42-28-34(6)52(66-42)44-32-40-56(68-44)54-38(62(40)26-22-18-14-10-4)30-36(64-54)24-20-16-12-8-2/h27-32H,7-26,57-58H2,1-6H3. The third-order valence-corrected chi connectivity index (χ3v) is 22.5. The lowest BCUT2D eigenvalue weighted by molar-refractivity contribution is 0.602. The number of nitrogen functional groups attached to an aromatic ring is 2. The monoisotopic (exact) mass is 1050 g/mol. The normalized spacial score (nSPS) is 12.3. The summed E-state index contributed by atoms with van der Waals surface area (Å²) in [6, 6.07) is 14.5. The summed E-state index contributed by atoms with van der Waals surface area (Å²) in [6.07, 6.45) is 22.8. The molecule has 0 radical (unpaired) electrons. The molecule has 364 valence electrons. The summed E-state index contributed by atoms with van der Waals surface area (Å²) in [5.74, 6) is 0. The van der Waals surface area contributed by atoms with Crippen LogP contribution in [0.4, 0.5) is 11.4 Å². The molecule has 0 fully saturated rings. The van der Waals surface area contributed by atoms with Crippen LogP contribution in [-0.2, 0) is 25.9 Å². The smallest absolute Gasteiger partial charge is 0.116 e. The highest BCUT2D eigenvalue weighted by molar-refractivity contribution is 7.32. The molecule has 0 aliphatic heterocycles. The van der Waals surface area contributed by atoms with Crippen molar-refractivity contribution in [1.82, 2.24) is 17.9 Å². The highest BCUT2D eigenvalue weighted by atomic mass is 32.1. The molecule has 6 nitrogen and oxygen atoms in total. The van der Waals surface area contributed by atoms with Crippen molar-refractivity contribution >= 4 is 143 Å². The van der Waals surface area contributed by atoms with E-state index in [2.05, 4.69) is 87.1 Å². The molecule has 0 saturated carbocycles. The van der Waals surface area contributed by atoms with Crippen LogP contribution in [0.25, 0.3) is 92.3 Å². The molecule has 0 aliphatic carbocycles. The van der Waals surface area contributed by atoms with E-state index in [1.165, 1.54) is 209 Å². The van der Waals surface area contributed by atoms with Crippen LogP contribution >= 0.6 is 79.7 Å². The van der Waals surface area contributed by atoms with Gasteiger partial charge < -0.3 is 20.6 Å². The minimum Gasteiger partial charge on any atom is -0.396 e. The molecule has 4 N–H and O–H groups in total. The van der Waals surface area contributed by atoms with Gasteiger partial charge in [-0.2, -0.15) is 8.75 Å². The number of unbranched alkanes of at least 4 members (excludes halogenated alkanes) is 12. The third kappa shape index (κ3) is 9.52. The molecule has 1 aromatic carbocycles. The number of hydrogen-bond acceptors (Lipinski definition) is 11. The van der Waals surface area contributed by atoms with Crippen molar-refractivity contribution in [2.75, 3.05) is 11.5 Å². The van der Waals surface area contributed by atoms with Gasteiger partial charge in [0.2, 0.25) is 0 Å². The summed E-state index contributed by atoms with van der Waals surface area (Å²) in [5, 5.41) is 0. The van der Waals surface area contributed by atoms with Crippen LogP contribution in [-0.4, -0.2) is 17.9 Å². The van der Waals surface area contributed by atoms with E-state index in [0.717, 1.165) is 45.0 Å². The largest absolute Gasteiger partial charge is 0.396 e. The van der Waals surface area contributed by atoms with Crippen molar-refractivity contribution < 1.29 is 0 Å². The third-order valence-electron chi connectivity index (χ3n) is 14.1. The Kier molecular flexibility index (Phi) is 15.4. The fourth-order valence-electron chi connectivity index (χ4n) is 10.4. The van der Waals surface area contributed by atoms with Gasteiger partial charge in [-0.15, -0.1) is 68.0 Å². The van der Waals surface area contributed by atoms with Gasteiger partial charge in [0, 0.05) is 63.2 Å². The quantitative estimate of drug-likeness (QED) is 0.0466. The molecule has 9 aromatic heterocycles. The minimum absolute atomic E-state index is 0.594. The maximum Gasteiger partial charge on any atom is 0.116 e. The number of nitrogens with two attached hydrogens (primary N) is 2. The van der Waals surface area contributed by atoms with Crippen molar-refractivity contribution in [1.29, 1.82) is 0 Å². The molecule has 10 aromatic rings. The zero-order valence-electron chi connectivity index (χ0n) is 41.4. The Morgan fingerprint density at radius 2 is 0.797 bits per heavy atom. The molecule has 0 amide bonds. The van der Waals surface area contributed by atoms with Gasteiger partial charge in [0.05, 0.1) is 64.0 Å². The van der Waals surface area contributed by atoms with Crippen LogP contribution < -0.4 is 11.5 Å². The highest BCUT2D eigenvalue weighted by Crippen LogP contribution is 2.53. The van der Waals surface area contributed by atoms with E-state index >= 15 is 0 Å². The van der Waals surface area contributed by atoms with E-state index in [1.54, 1.807) is 0 Å². The van der Waals surface area contributed by atoms with Gasteiger partial charge in [0.15, 0.2) is 0 Å². The Hall–Kier alpha value is -3.56. The summed E-state index contributed by atoms with van der Waals surface area (Å²) >= 11 is 12.9. The lowest BCUT2D eigenvalue weighted by Gasteiger charge is -2.12. The average molecular weight is 1050 g/mol. The average Bonchev–Trinajstić information content (AvgIpc) is 4.20. The predicted octanol–water partition coefficient (Wildman–Crippen LogP) is 20.1. The van der Waals surface area contributed by atoms with Crippen LogP contribution in [0.2, 0.25) is 0 Å². The van der Waals surface area contributed by atoms with E-state index in [1.807, 2.05) is 68.0 Å². The van der Waals surface area contributed by atoms with Gasteiger partial charge in [-0.25, -0.2) is 0 Å². The van der Waals surface area contributed by atoms with Crippen molar-refractivity contribution in [3.05, 3.63) is 57.3 Å². The topological polar surface area (TPSA) is 87.7 Å². The molecule has 13 heteroatoms. The minimum atomic E-state index is 0.594. The van der Waals surface area contributed by atoms with Crippen molar-refractivity contribution in [3.63, 3.8) is 0 Å². The zero-order valence-corrected chi connectivity index (χ0v) is 47.1. The number of aryl methyl sites for hydroxylation is 6. The van der Waals surface area contributed by atoms with Crippen molar-refractivity contribution in [2.24, 2.45) is 0 Å². The number of hydrogen-bond donors (Lipinski definition) is 2. The Morgan fingerprint density at radius 1 is 0.420 bits per heavy atom. The van der Waals surface area contributed by atoms with Crippen LogP contribution in [0.15, 0.2) is 36.4 Å². The lowest BCUT2D eigenvalue weighted by atomic mass is 10.00. The number of rotatable bonds is 24. The van der Waals surface area contributed by atoms with Crippen molar-refractivity contribution in [2.45, 2.75) is 170 Å². The number of benzene rings is 1. The van der Waals surface area contributed by atoms with E-state index in [9.17, 15) is 0 Å². The Morgan fingerprint density at radius 3 is 1.20 bits per heavy atom. The molecule has 0 spiro atoms. The molecule has 10 rings (SSSR count). The van der Waals surface area contributed by atoms with Crippen LogP contribution in [0, 0.1) is 13.8 Å². The first-order valence-corrected chi connectivity index (χ1v) is 31.5. The molecule has 0 atom stereocenters. The first-order valence-electron chi connectivity index (χ1n) is 25.9. The van der Waals surface area contributed by atoms with Gasteiger partial charge in [-0.1, -0.05) is 105 Å². The summed E-state index contributed by atoms with van der Waals surface area (Å²) in [6.45, 7) is 15.8. The fraction of sp³-hybridized carbons (Fsp3) is 0.464. The van der Waals surface area contributed by atoms with Gasteiger partial charge >= 0.3 is 0 Å². The second-order valence-electron chi connectivity index (χ2n) is 19.3. The van der Waals surface area contributed by atoms with E-state index in [0.29, 0.717) is 11.4 Å². The second-order valence-corrected chi connectivity index (χ2v) is 26.3. The number of thiophene rings is 6. The number of fused-ring (bicyclic) bond motifs is 7. The molecule has 0 unspecified atom stereocenters. The molecule has 69 heavy (non-hydrogen) atoms. The fourth-order valence-corrected chi connectivity index (χ4v) is 18.8. The summed E-state index contributed by atoms with van der Waals surface area (Å²) in [4.78, 5) is 10.5. The van der Waals surface area contributed by atoms with E-state index in [4.69, 9.17) is 20.2 Å².